The van der Waals surface area contributed by atoms with Crippen LogP contribution in [0.15, 0.2) is 46.9 Å². The Hall–Kier alpha value is -3.94. The standard InChI is InChI=1S/C24H25N5O3/c1-14-9-8-11-19(15(14)2)25-23(30)22-16(3)29(28-27-22)13-20-17(4)32-24(26-20)18-10-6-7-12-21(18)31-5/h6-12H,13H2,1-5H3,(H,25,30). The van der Waals surface area contributed by atoms with Gasteiger partial charge in [-0.3, -0.25) is 4.79 Å². The fraction of sp³-hybridized carbons (Fsp3) is 0.250. The average Bonchev–Trinajstić information content (AvgIpc) is 3.34. The second-order valence-electron chi connectivity index (χ2n) is 7.60. The molecule has 32 heavy (non-hydrogen) atoms. The Labute approximate surface area is 186 Å². The minimum atomic E-state index is -0.297. The van der Waals surface area contributed by atoms with Crippen LogP contribution in [-0.2, 0) is 6.54 Å². The molecule has 0 bridgehead atoms. The fourth-order valence-corrected chi connectivity index (χ4v) is 3.44. The third-order valence-corrected chi connectivity index (χ3v) is 5.58. The molecule has 0 spiro atoms. The van der Waals surface area contributed by atoms with Crippen molar-refractivity contribution in [2.75, 3.05) is 12.4 Å². The van der Waals surface area contributed by atoms with Crippen LogP contribution >= 0.6 is 0 Å². The molecule has 0 aliphatic carbocycles. The molecule has 2 aromatic carbocycles. The topological polar surface area (TPSA) is 95.1 Å². The van der Waals surface area contributed by atoms with E-state index in [1.54, 1.807) is 11.8 Å². The summed E-state index contributed by atoms with van der Waals surface area (Å²) in [7, 11) is 1.61. The second kappa shape index (κ2) is 8.66. The maximum Gasteiger partial charge on any atom is 0.278 e. The largest absolute Gasteiger partial charge is 0.496 e. The summed E-state index contributed by atoms with van der Waals surface area (Å²) < 4.78 is 12.9. The number of oxazole rings is 1. The second-order valence-corrected chi connectivity index (χ2v) is 7.60. The van der Waals surface area contributed by atoms with Crippen LogP contribution in [0.1, 0.15) is 38.8 Å². The number of rotatable bonds is 6. The van der Waals surface area contributed by atoms with Crippen LogP contribution in [-0.4, -0.2) is 33.0 Å². The van der Waals surface area contributed by atoms with Crippen molar-refractivity contribution in [2.24, 2.45) is 0 Å². The van der Waals surface area contributed by atoms with Gasteiger partial charge in [-0.15, -0.1) is 5.10 Å². The summed E-state index contributed by atoms with van der Waals surface area (Å²) in [6.45, 7) is 7.98. The van der Waals surface area contributed by atoms with Crippen LogP contribution in [0.25, 0.3) is 11.5 Å². The highest BCUT2D eigenvalue weighted by molar-refractivity contribution is 6.04. The summed E-state index contributed by atoms with van der Waals surface area (Å²) in [5, 5.41) is 11.2. The number of hydrogen-bond donors (Lipinski definition) is 1. The molecule has 8 nitrogen and oxygen atoms in total. The molecule has 8 heteroatoms. The fourth-order valence-electron chi connectivity index (χ4n) is 3.44. The number of para-hydroxylation sites is 1. The summed E-state index contributed by atoms with van der Waals surface area (Å²) in [6.07, 6.45) is 0. The first kappa shape index (κ1) is 21.3. The number of amides is 1. The van der Waals surface area contributed by atoms with E-state index < -0.39 is 0 Å². The van der Waals surface area contributed by atoms with Crippen molar-refractivity contribution in [2.45, 2.75) is 34.2 Å². The number of carbonyl (C=O) groups is 1. The van der Waals surface area contributed by atoms with E-state index in [1.807, 2.05) is 70.2 Å². The molecule has 1 N–H and O–H groups in total. The van der Waals surface area contributed by atoms with Gasteiger partial charge in [0, 0.05) is 5.69 Å². The molecular formula is C24H25N5O3. The van der Waals surface area contributed by atoms with Gasteiger partial charge in [0.25, 0.3) is 5.91 Å². The highest BCUT2D eigenvalue weighted by Crippen LogP contribution is 2.30. The first-order valence-corrected chi connectivity index (χ1v) is 10.3. The van der Waals surface area contributed by atoms with E-state index in [0.717, 1.165) is 22.4 Å². The average molecular weight is 431 g/mol. The zero-order chi connectivity index (χ0) is 22.8. The molecule has 0 saturated carbocycles. The molecule has 0 unspecified atom stereocenters. The van der Waals surface area contributed by atoms with E-state index >= 15 is 0 Å². The maximum atomic E-state index is 12.8. The summed E-state index contributed by atoms with van der Waals surface area (Å²) in [6, 6.07) is 13.3. The molecular weight excluding hydrogens is 406 g/mol. The third-order valence-electron chi connectivity index (χ3n) is 5.58. The Bertz CT molecular complexity index is 1290. The van der Waals surface area contributed by atoms with Gasteiger partial charge < -0.3 is 14.5 Å². The molecule has 4 aromatic rings. The summed E-state index contributed by atoms with van der Waals surface area (Å²) in [5.74, 6) is 1.53. The lowest BCUT2D eigenvalue weighted by molar-refractivity contribution is 0.102. The molecule has 0 aliphatic heterocycles. The Morgan fingerprint density at radius 3 is 2.66 bits per heavy atom. The smallest absolute Gasteiger partial charge is 0.278 e. The molecule has 2 aromatic heterocycles. The number of aryl methyl sites for hydroxylation is 2. The lowest BCUT2D eigenvalue weighted by Gasteiger charge is -2.09. The van der Waals surface area contributed by atoms with Crippen LogP contribution in [0.2, 0.25) is 0 Å². The quantitative estimate of drug-likeness (QED) is 0.484. The van der Waals surface area contributed by atoms with Gasteiger partial charge in [-0.2, -0.15) is 0 Å². The van der Waals surface area contributed by atoms with Crippen LogP contribution in [0.4, 0.5) is 5.69 Å². The van der Waals surface area contributed by atoms with Gasteiger partial charge in [0.1, 0.15) is 17.2 Å². The molecule has 1 amide bonds. The number of anilines is 1. The Kier molecular flexibility index (Phi) is 5.77. The first-order valence-electron chi connectivity index (χ1n) is 10.3. The molecule has 0 aliphatic rings. The van der Waals surface area contributed by atoms with Crippen LogP contribution in [0.5, 0.6) is 5.75 Å². The van der Waals surface area contributed by atoms with Gasteiger partial charge in [-0.05, 0) is 57.0 Å². The van der Waals surface area contributed by atoms with Crippen LogP contribution < -0.4 is 10.1 Å². The normalized spacial score (nSPS) is 10.9. The Balaban J connectivity index is 1.56. The molecule has 0 saturated heterocycles. The third kappa shape index (κ3) is 3.99. The monoisotopic (exact) mass is 431 g/mol. The number of nitrogens with one attached hydrogen (secondary N) is 1. The predicted octanol–water partition coefficient (Wildman–Crippen LogP) is 4.48. The molecule has 4 rings (SSSR count). The van der Waals surface area contributed by atoms with Crippen LogP contribution in [0, 0.1) is 27.7 Å². The molecule has 0 radical (unpaired) electrons. The minimum absolute atomic E-state index is 0.275. The lowest BCUT2D eigenvalue weighted by atomic mass is 10.1. The van der Waals surface area contributed by atoms with E-state index in [2.05, 4.69) is 20.6 Å². The predicted molar refractivity (Wildman–Crippen MR) is 121 cm³/mol. The number of aromatic nitrogens is 4. The van der Waals surface area contributed by atoms with Crippen molar-refractivity contribution in [3.63, 3.8) is 0 Å². The van der Waals surface area contributed by atoms with Crippen molar-refractivity contribution in [1.82, 2.24) is 20.0 Å². The summed E-state index contributed by atoms with van der Waals surface area (Å²) >= 11 is 0. The van der Waals surface area contributed by atoms with E-state index in [0.29, 0.717) is 35.3 Å². The van der Waals surface area contributed by atoms with Gasteiger partial charge >= 0.3 is 0 Å². The zero-order valence-electron chi connectivity index (χ0n) is 18.8. The summed E-state index contributed by atoms with van der Waals surface area (Å²) in [4.78, 5) is 17.4. The highest BCUT2D eigenvalue weighted by Gasteiger charge is 2.20. The van der Waals surface area contributed by atoms with Crippen LogP contribution in [0.3, 0.4) is 0 Å². The number of carbonyl (C=O) groups excluding carboxylic acids is 1. The lowest BCUT2D eigenvalue weighted by Crippen LogP contribution is -2.15. The molecule has 2 heterocycles. The van der Waals surface area contributed by atoms with Crippen molar-refractivity contribution in [3.05, 3.63) is 76.4 Å². The van der Waals surface area contributed by atoms with Gasteiger partial charge in [-0.1, -0.05) is 29.5 Å². The van der Waals surface area contributed by atoms with Crippen molar-refractivity contribution in [3.8, 4) is 17.2 Å². The van der Waals surface area contributed by atoms with Gasteiger partial charge in [-0.25, -0.2) is 9.67 Å². The number of benzene rings is 2. The number of ether oxygens (including phenoxy) is 1. The van der Waals surface area contributed by atoms with Crippen molar-refractivity contribution in [1.29, 1.82) is 0 Å². The molecule has 0 atom stereocenters. The first-order chi connectivity index (χ1) is 15.4. The van der Waals surface area contributed by atoms with Crippen molar-refractivity contribution < 1.29 is 13.9 Å². The minimum Gasteiger partial charge on any atom is -0.496 e. The maximum absolute atomic E-state index is 12.8. The highest BCUT2D eigenvalue weighted by atomic mass is 16.5. The van der Waals surface area contributed by atoms with E-state index in [4.69, 9.17) is 9.15 Å². The van der Waals surface area contributed by atoms with E-state index in [1.165, 1.54) is 0 Å². The van der Waals surface area contributed by atoms with Gasteiger partial charge in [0.2, 0.25) is 5.89 Å². The number of methoxy groups -OCH3 is 1. The Morgan fingerprint density at radius 2 is 1.88 bits per heavy atom. The number of hydrogen-bond acceptors (Lipinski definition) is 6. The van der Waals surface area contributed by atoms with Gasteiger partial charge in [0.05, 0.1) is 24.9 Å². The van der Waals surface area contributed by atoms with Crippen molar-refractivity contribution >= 4 is 11.6 Å². The Morgan fingerprint density at radius 1 is 1.09 bits per heavy atom. The molecule has 164 valence electrons. The molecule has 0 fully saturated rings. The zero-order valence-corrected chi connectivity index (χ0v) is 18.8. The van der Waals surface area contributed by atoms with E-state index in [9.17, 15) is 4.79 Å². The number of nitrogens with zero attached hydrogens (tertiary/aromatic N) is 4. The van der Waals surface area contributed by atoms with E-state index in [-0.39, 0.29) is 11.6 Å². The van der Waals surface area contributed by atoms with Gasteiger partial charge in [0.15, 0.2) is 5.69 Å². The SMILES string of the molecule is COc1ccccc1-c1nc(Cn2nnc(C(=O)Nc3cccc(C)c3C)c2C)c(C)o1. The summed E-state index contributed by atoms with van der Waals surface area (Å²) in [5.41, 5.74) is 5.29.